The molecule has 0 aliphatic carbocycles. The predicted molar refractivity (Wildman–Crippen MR) is 97.0 cm³/mol. The molecule has 0 radical (unpaired) electrons. The minimum absolute atomic E-state index is 0.0135. The average Bonchev–Trinajstić information content (AvgIpc) is 2.65. The highest BCUT2D eigenvalue weighted by Crippen LogP contribution is 2.13. The lowest BCUT2D eigenvalue weighted by molar-refractivity contribution is -0.142. The van der Waals surface area contributed by atoms with Crippen LogP contribution < -0.4 is 15.8 Å². The highest BCUT2D eigenvalue weighted by Gasteiger charge is 2.06. The average molecular weight is 355 g/mol. The number of amidine groups is 1. The molecule has 0 saturated heterocycles. The van der Waals surface area contributed by atoms with E-state index in [9.17, 15) is 9.59 Å². The molecule has 1 amide bonds. The van der Waals surface area contributed by atoms with Gasteiger partial charge < -0.3 is 20.5 Å². The van der Waals surface area contributed by atoms with Crippen molar-refractivity contribution in [2.24, 2.45) is 5.73 Å². The lowest BCUT2D eigenvalue weighted by Gasteiger charge is -2.08. The summed E-state index contributed by atoms with van der Waals surface area (Å²) < 4.78 is 9.75. The molecule has 26 heavy (non-hydrogen) atoms. The van der Waals surface area contributed by atoms with Gasteiger partial charge in [0.1, 0.15) is 11.6 Å². The first-order valence-electron chi connectivity index (χ1n) is 7.96. The first-order chi connectivity index (χ1) is 12.5. The summed E-state index contributed by atoms with van der Waals surface area (Å²) in [5.74, 6) is -0.0154. The third-order valence-corrected chi connectivity index (χ3v) is 3.63. The van der Waals surface area contributed by atoms with Crippen molar-refractivity contribution in [3.05, 3.63) is 65.2 Å². The highest BCUT2D eigenvalue weighted by atomic mass is 16.6. The quantitative estimate of drug-likeness (QED) is 0.376. The van der Waals surface area contributed by atoms with Gasteiger partial charge in [-0.1, -0.05) is 36.4 Å². The van der Waals surface area contributed by atoms with Crippen LogP contribution >= 0.6 is 0 Å². The number of nitrogens with two attached hydrogens (primary N) is 1. The molecule has 7 nitrogen and oxygen atoms in total. The second-order valence-electron chi connectivity index (χ2n) is 5.57. The van der Waals surface area contributed by atoms with Crippen LogP contribution in [0.15, 0.2) is 48.5 Å². The first-order valence-corrected chi connectivity index (χ1v) is 7.96. The molecule has 7 heteroatoms. The maximum Gasteiger partial charge on any atom is 0.343 e. The summed E-state index contributed by atoms with van der Waals surface area (Å²) in [7, 11) is 1.30. The number of hydrogen-bond donors (Lipinski definition) is 3. The molecule has 0 aliphatic heterocycles. The van der Waals surface area contributed by atoms with Gasteiger partial charge in [0, 0.05) is 12.1 Å². The van der Waals surface area contributed by atoms with E-state index in [1.165, 1.54) is 7.11 Å². The molecule has 136 valence electrons. The second kappa shape index (κ2) is 9.22. The van der Waals surface area contributed by atoms with Crippen LogP contribution in [0.25, 0.3) is 0 Å². The second-order valence-corrected chi connectivity index (χ2v) is 5.57. The highest BCUT2D eigenvalue weighted by molar-refractivity contribution is 5.94. The van der Waals surface area contributed by atoms with E-state index >= 15 is 0 Å². The summed E-state index contributed by atoms with van der Waals surface area (Å²) >= 11 is 0. The van der Waals surface area contributed by atoms with E-state index in [2.05, 4.69) is 10.1 Å². The van der Waals surface area contributed by atoms with Crippen molar-refractivity contribution >= 4 is 17.7 Å². The fourth-order valence-corrected chi connectivity index (χ4v) is 2.16. The Kier molecular flexibility index (Phi) is 6.73. The van der Waals surface area contributed by atoms with Gasteiger partial charge in [-0.2, -0.15) is 0 Å². The fraction of sp³-hybridized carbons (Fsp3) is 0.211. The molecule has 0 aliphatic rings. The normalized spacial score (nSPS) is 10.0. The van der Waals surface area contributed by atoms with E-state index in [1.54, 1.807) is 36.4 Å². The number of ether oxygens (including phenoxy) is 2. The topological polar surface area (TPSA) is 114 Å². The largest absolute Gasteiger partial charge is 0.482 e. The monoisotopic (exact) mass is 355 g/mol. The van der Waals surface area contributed by atoms with Gasteiger partial charge in [0.15, 0.2) is 6.61 Å². The van der Waals surface area contributed by atoms with Crippen molar-refractivity contribution < 1.29 is 19.1 Å². The van der Waals surface area contributed by atoms with Gasteiger partial charge in [-0.05, 0) is 23.3 Å². The fourth-order valence-electron chi connectivity index (χ4n) is 2.16. The Morgan fingerprint density at radius 1 is 1.04 bits per heavy atom. The molecular formula is C19H21N3O4. The molecule has 0 spiro atoms. The van der Waals surface area contributed by atoms with Gasteiger partial charge in [-0.25, -0.2) is 4.79 Å². The zero-order valence-corrected chi connectivity index (χ0v) is 14.5. The van der Waals surface area contributed by atoms with Gasteiger partial charge >= 0.3 is 5.97 Å². The Bertz CT molecular complexity index is 770. The van der Waals surface area contributed by atoms with Gasteiger partial charge in [-0.15, -0.1) is 0 Å². The predicted octanol–water partition coefficient (Wildman–Crippen LogP) is 1.38. The molecule has 0 saturated carbocycles. The number of carbonyl (C=O) groups is 2. The Morgan fingerprint density at radius 3 is 2.23 bits per heavy atom. The lowest BCUT2D eigenvalue weighted by Crippen LogP contribution is -2.24. The zero-order chi connectivity index (χ0) is 18.9. The molecule has 4 N–H and O–H groups in total. The van der Waals surface area contributed by atoms with Crippen molar-refractivity contribution in [3.8, 4) is 5.75 Å². The van der Waals surface area contributed by atoms with Crippen molar-refractivity contribution in [1.82, 2.24) is 5.32 Å². The van der Waals surface area contributed by atoms with E-state index in [0.29, 0.717) is 17.9 Å². The van der Waals surface area contributed by atoms with E-state index in [1.807, 2.05) is 12.1 Å². The summed E-state index contributed by atoms with van der Waals surface area (Å²) in [4.78, 5) is 23.1. The molecule has 0 heterocycles. The van der Waals surface area contributed by atoms with Crippen LogP contribution in [0.2, 0.25) is 0 Å². The van der Waals surface area contributed by atoms with Crippen molar-refractivity contribution in [2.45, 2.75) is 13.0 Å². The van der Waals surface area contributed by atoms with Crippen LogP contribution in [0, 0.1) is 5.41 Å². The van der Waals surface area contributed by atoms with Crippen LogP contribution in [0.5, 0.6) is 5.75 Å². The number of benzene rings is 2. The van der Waals surface area contributed by atoms with Crippen LogP contribution in [0.4, 0.5) is 0 Å². The van der Waals surface area contributed by atoms with E-state index in [0.717, 1.165) is 11.1 Å². The molecule has 0 aromatic heterocycles. The summed E-state index contributed by atoms with van der Waals surface area (Å²) in [6, 6.07) is 14.1. The third-order valence-electron chi connectivity index (χ3n) is 3.63. The Morgan fingerprint density at radius 2 is 1.65 bits per heavy atom. The number of amides is 1. The van der Waals surface area contributed by atoms with E-state index in [4.69, 9.17) is 15.9 Å². The first kappa shape index (κ1) is 19.0. The summed E-state index contributed by atoms with van der Waals surface area (Å²) in [5, 5.41) is 10.2. The smallest absolute Gasteiger partial charge is 0.343 e. The lowest BCUT2D eigenvalue weighted by atomic mass is 10.1. The Hall–Kier alpha value is -3.35. The van der Waals surface area contributed by atoms with Gasteiger partial charge in [0.05, 0.1) is 13.5 Å². The summed E-state index contributed by atoms with van der Waals surface area (Å²) in [6.07, 6.45) is 0.239. The summed E-state index contributed by atoms with van der Waals surface area (Å²) in [6.45, 7) is 0.246. The maximum atomic E-state index is 12.0. The number of methoxy groups -OCH3 is 1. The SMILES string of the molecule is COC(=O)COc1ccc(CC(=O)NCc2ccc(C(=N)N)cc2)cc1. The van der Waals surface area contributed by atoms with E-state index in [-0.39, 0.29) is 24.8 Å². The third kappa shape index (κ3) is 5.94. The number of nitrogen functional groups attached to an aromatic ring is 1. The van der Waals surface area contributed by atoms with E-state index < -0.39 is 5.97 Å². The van der Waals surface area contributed by atoms with Crippen LogP contribution in [-0.4, -0.2) is 31.4 Å². The molecule has 2 aromatic rings. The van der Waals surface area contributed by atoms with Crippen molar-refractivity contribution in [1.29, 1.82) is 5.41 Å². The van der Waals surface area contributed by atoms with Crippen LogP contribution in [0.3, 0.4) is 0 Å². The minimum atomic E-state index is -0.454. The zero-order valence-electron chi connectivity index (χ0n) is 14.5. The Labute approximate surface area is 151 Å². The molecular weight excluding hydrogens is 334 g/mol. The standard InChI is InChI=1S/C19H21N3O4/c1-25-18(24)12-26-16-8-4-13(5-9-16)10-17(23)22-11-14-2-6-15(7-3-14)19(20)21/h2-9H,10-12H2,1H3,(H3,20,21)(H,22,23). The maximum absolute atomic E-state index is 12.0. The number of carbonyl (C=O) groups excluding carboxylic acids is 2. The molecule has 2 aromatic carbocycles. The van der Waals surface area contributed by atoms with Gasteiger partial charge in [0.25, 0.3) is 0 Å². The van der Waals surface area contributed by atoms with Gasteiger partial charge in [-0.3, -0.25) is 10.2 Å². The van der Waals surface area contributed by atoms with Crippen LogP contribution in [-0.2, 0) is 27.3 Å². The van der Waals surface area contributed by atoms with Crippen molar-refractivity contribution in [2.75, 3.05) is 13.7 Å². The molecule has 0 unspecified atom stereocenters. The molecule has 2 rings (SSSR count). The minimum Gasteiger partial charge on any atom is -0.482 e. The van der Waals surface area contributed by atoms with Gasteiger partial charge in [0.2, 0.25) is 5.91 Å². The number of rotatable bonds is 8. The Balaban J connectivity index is 1.80. The molecule has 0 bridgehead atoms. The summed E-state index contributed by atoms with van der Waals surface area (Å²) in [5.41, 5.74) is 7.81. The molecule has 0 fully saturated rings. The molecule has 0 atom stereocenters. The number of esters is 1. The number of nitrogens with one attached hydrogen (secondary N) is 2. The van der Waals surface area contributed by atoms with Crippen LogP contribution in [0.1, 0.15) is 16.7 Å². The van der Waals surface area contributed by atoms with Crippen molar-refractivity contribution in [3.63, 3.8) is 0 Å². The number of hydrogen-bond acceptors (Lipinski definition) is 5.